The summed E-state index contributed by atoms with van der Waals surface area (Å²) in [5, 5.41) is 10.9. The number of ether oxygens (including phenoxy) is 2. The van der Waals surface area contributed by atoms with E-state index < -0.39 is 26.0 Å². The van der Waals surface area contributed by atoms with Crippen molar-refractivity contribution < 1.29 is 31.4 Å². The lowest BCUT2D eigenvalue weighted by Gasteiger charge is -2.36. The molecular weight excluding hydrogens is 516 g/mol. The predicted octanol–water partition coefficient (Wildman–Crippen LogP) is 3.33. The number of pyridine rings is 1. The van der Waals surface area contributed by atoms with Crippen LogP contribution in [0.25, 0.3) is 0 Å². The Morgan fingerprint density at radius 2 is 1.78 bits per heavy atom. The standard InChI is InChI=1S/C26H36N2O7S2/c1-4-36(30,31)22-6-5-20(27-15-22)17-28(16-18(2)3)37(32,33)21-7-8-25-23(13-21)24(29)14-26(35-25)19-9-11-34-12-10-19/h5-8,13,15,18-19,24,26,29H,4,9-12,14,16-17H2,1-3H3. The van der Waals surface area contributed by atoms with Crippen LogP contribution < -0.4 is 4.74 Å². The van der Waals surface area contributed by atoms with Gasteiger partial charge >= 0.3 is 0 Å². The molecule has 1 aromatic heterocycles. The maximum Gasteiger partial charge on any atom is 0.243 e. The molecule has 1 aromatic carbocycles. The fourth-order valence-electron chi connectivity index (χ4n) is 4.83. The van der Waals surface area contributed by atoms with Gasteiger partial charge in [-0.15, -0.1) is 0 Å². The van der Waals surface area contributed by atoms with Crippen molar-refractivity contribution in [1.82, 2.24) is 9.29 Å². The topological polar surface area (TPSA) is 123 Å². The molecule has 1 N–H and O–H groups in total. The van der Waals surface area contributed by atoms with E-state index in [1.165, 1.54) is 28.7 Å². The smallest absolute Gasteiger partial charge is 0.243 e. The van der Waals surface area contributed by atoms with Gasteiger partial charge in [0, 0.05) is 43.9 Å². The molecule has 9 nitrogen and oxygen atoms in total. The second-order valence-electron chi connectivity index (χ2n) is 10.1. The third-order valence-electron chi connectivity index (χ3n) is 6.95. The van der Waals surface area contributed by atoms with E-state index in [4.69, 9.17) is 9.47 Å². The fraction of sp³-hybridized carbons (Fsp3) is 0.577. The second kappa shape index (κ2) is 11.4. The Kier molecular flexibility index (Phi) is 8.59. The molecule has 2 aromatic rings. The maximum absolute atomic E-state index is 13.7. The van der Waals surface area contributed by atoms with E-state index in [0.717, 1.165) is 12.8 Å². The summed E-state index contributed by atoms with van der Waals surface area (Å²) in [5.41, 5.74) is 0.918. The van der Waals surface area contributed by atoms with E-state index in [1.807, 2.05) is 13.8 Å². The van der Waals surface area contributed by atoms with Crippen molar-refractivity contribution in [2.75, 3.05) is 25.5 Å². The van der Waals surface area contributed by atoms with Crippen LogP contribution in [-0.2, 0) is 31.1 Å². The van der Waals surface area contributed by atoms with Gasteiger partial charge in [0.1, 0.15) is 11.9 Å². The van der Waals surface area contributed by atoms with Gasteiger partial charge in [0.2, 0.25) is 10.0 Å². The highest BCUT2D eigenvalue weighted by atomic mass is 32.2. The van der Waals surface area contributed by atoms with E-state index in [0.29, 0.717) is 42.6 Å². The first-order valence-corrected chi connectivity index (χ1v) is 15.8. The van der Waals surface area contributed by atoms with Crippen LogP contribution in [0.3, 0.4) is 0 Å². The van der Waals surface area contributed by atoms with Gasteiger partial charge in [-0.25, -0.2) is 16.8 Å². The van der Waals surface area contributed by atoms with Gasteiger partial charge in [-0.2, -0.15) is 4.31 Å². The van der Waals surface area contributed by atoms with Gasteiger partial charge in [-0.05, 0) is 49.1 Å². The third kappa shape index (κ3) is 6.34. The van der Waals surface area contributed by atoms with Crippen LogP contribution in [0, 0.1) is 11.8 Å². The molecule has 2 atom stereocenters. The number of nitrogens with zero attached hydrogens (tertiary/aromatic N) is 2. The van der Waals surface area contributed by atoms with Crippen LogP contribution >= 0.6 is 0 Å². The van der Waals surface area contributed by atoms with Crippen molar-refractivity contribution in [1.29, 1.82) is 0 Å². The lowest BCUT2D eigenvalue weighted by atomic mass is 9.87. The summed E-state index contributed by atoms with van der Waals surface area (Å²) >= 11 is 0. The number of hydrogen-bond acceptors (Lipinski definition) is 8. The number of benzene rings is 1. The molecule has 0 spiro atoms. The SMILES string of the molecule is CCS(=O)(=O)c1ccc(CN(CC(C)C)S(=O)(=O)c2ccc3c(c2)C(O)CC(C2CCOCC2)O3)nc1. The normalized spacial score (nSPS) is 21.1. The molecule has 11 heteroatoms. The Morgan fingerprint density at radius 3 is 2.41 bits per heavy atom. The maximum atomic E-state index is 13.7. The van der Waals surface area contributed by atoms with Crippen molar-refractivity contribution in [3.05, 3.63) is 47.8 Å². The van der Waals surface area contributed by atoms with E-state index in [9.17, 15) is 21.9 Å². The van der Waals surface area contributed by atoms with Crippen LogP contribution in [0.1, 0.15) is 57.4 Å². The number of aromatic nitrogens is 1. The lowest BCUT2D eigenvalue weighted by molar-refractivity contribution is -0.0151. The average molecular weight is 553 g/mol. The third-order valence-corrected chi connectivity index (χ3v) is 10.5. The first-order chi connectivity index (χ1) is 17.5. The predicted molar refractivity (Wildman–Crippen MR) is 138 cm³/mol. The summed E-state index contributed by atoms with van der Waals surface area (Å²) in [7, 11) is -7.33. The number of sulfone groups is 1. The highest BCUT2D eigenvalue weighted by Crippen LogP contribution is 2.40. The van der Waals surface area contributed by atoms with Gasteiger partial charge in [0.15, 0.2) is 9.84 Å². The number of aliphatic hydroxyl groups is 1. The lowest BCUT2D eigenvalue weighted by Crippen LogP contribution is -2.36. The largest absolute Gasteiger partial charge is 0.490 e. The van der Waals surface area contributed by atoms with Crippen molar-refractivity contribution in [2.45, 2.75) is 68.6 Å². The Hall–Kier alpha value is -2.05. The summed E-state index contributed by atoms with van der Waals surface area (Å²) in [6.45, 7) is 7.02. The Labute approximate surface area is 219 Å². The zero-order valence-corrected chi connectivity index (χ0v) is 23.2. The molecule has 2 aliphatic rings. The van der Waals surface area contributed by atoms with Gasteiger partial charge in [-0.1, -0.05) is 20.8 Å². The minimum atomic E-state index is -3.94. The van der Waals surface area contributed by atoms with E-state index >= 15 is 0 Å². The number of aliphatic hydroxyl groups excluding tert-OH is 1. The van der Waals surface area contributed by atoms with Crippen LogP contribution in [0.4, 0.5) is 0 Å². The molecule has 204 valence electrons. The minimum Gasteiger partial charge on any atom is -0.490 e. The fourth-order valence-corrected chi connectivity index (χ4v) is 7.26. The first kappa shape index (κ1) is 28.0. The molecule has 1 saturated heterocycles. The quantitative estimate of drug-likeness (QED) is 0.503. The molecule has 3 heterocycles. The molecule has 37 heavy (non-hydrogen) atoms. The summed E-state index contributed by atoms with van der Waals surface area (Å²) in [6.07, 6.45) is 2.49. The average Bonchev–Trinajstić information content (AvgIpc) is 2.88. The highest BCUT2D eigenvalue weighted by Gasteiger charge is 2.35. The molecule has 0 amide bonds. The molecule has 2 aliphatic heterocycles. The molecule has 2 unspecified atom stereocenters. The zero-order chi connectivity index (χ0) is 26.8. The number of hydrogen-bond donors (Lipinski definition) is 1. The molecule has 0 radical (unpaired) electrons. The first-order valence-electron chi connectivity index (χ1n) is 12.8. The molecule has 0 aliphatic carbocycles. The molecule has 1 fully saturated rings. The van der Waals surface area contributed by atoms with Crippen LogP contribution in [-0.4, -0.2) is 62.8 Å². The Balaban J connectivity index is 1.58. The molecule has 4 rings (SSSR count). The minimum absolute atomic E-state index is 0.00503. The number of rotatable bonds is 9. The van der Waals surface area contributed by atoms with E-state index in [-0.39, 0.29) is 40.7 Å². The summed E-state index contributed by atoms with van der Waals surface area (Å²) in [5.74, 6) is 0.818. The summed E-state index contributed by atoms with van der Waals surface area (Å²) in [4.78, 5) is 4.41. The summed E-state index contributed by atoms with van der Waals surface area (Å²) < 4.78 is 64.6. The van der Waals surface area contributed by atoms with Crippen molar-refractivity contribution in [2.24, 2.45) is 11.8 Å². The molecule has 0 saturated carbocycles. The van der Waals surface area contributed by atoms with Crippen molar-refractivity contribution >= 4 is 19.9 Å². The highest BCUT2D eigenvalue weighted by molar-refractivity contribution is 7.91. The van der Waals surface area contributed by atoms with Crippen LogP contribution in [0.15, 0.2) is 46.3 Å². The van der Waals surface area contributed by atoms with Crippen LogP contribution in [0.2, 0.25) is 0 Å². The van der Waals surface area contributed by atoms with E-state index in [1.54, 1.807) is 19.1 Å². The number of fused-ring (bicyclic) bond motifs is 1. The van der Waals surface area contributed by atoms with Gasteiger partial charge in [0.25, 0.3) is 0 Å². The Morgan fingerprint density at radius 1 is 1.08 bits per heavy atom. The van der Waals surface area contributed by atoms with Crippen molar-refractivity contribution in [3.63, 3.8) is 0 Å². The summed E-state index contributed by atoms with van der Waals surface area (Å²) in [6, 6.07) is 7.67. The Bertz CT molecular complexity index is 1290. The monoisotopic (exact) mass is 552 g/mol. The molecular formula is C26H36N2O7S2. The van der Waals surface area contributed by atoms with E-state index in [2.05, 4.69) is 4.98 Å². The van der Waals surface area contributed by atoms with Crippen LogP contribution in [0.5, 0.6) is 5.75 Å². The van der Waals surface area contributed by atoms with Gasteiger partial charge in [-0.3, -0.25) is 4.98 Å². The number of sulfonamides is 1. The van der Waals surface area contributed by atoms with Crippen molar-refractivity contribution in [3.8, 4) is 5.75 Å². The molecule has 0 bridgehead atoms. The van der Waals surface area contributed by atoms with Gasteiger partial charge < -0.3 is 14.6 Å². The zero-order valence-electron chi connectivity index (χ0n) is 21.5. The second-order valence-corrected chi connectivity index (χ2v) is 14.4. The van der Waals surface area contributed by atoms with Gasteiger partial charge in [0.05, 0.1) is 33.9 Å².